The number of nitrogens with zero attached hydrogens (tertiary/aromatic N) is 1. The van der Waals surface area contributed by atoms with E-state index < -0.39 is 0 Å². The number of amidine groups is 1. The van der Waals surface area contributed by atoms with Crippen molar-refractivity contribution in [1.29, 1.82) is 0 Å². The lowest BCUT2D eigenvalue weighted by Crippen LogP contribution is -2.19. The number of fused-ring (bicyclic) bond motifs is 1. The van der Waals surface area contributed by atoms with E-state index in [9.17, 15) is 4.79 Å². The third kappa shape index (κ3) is 3.67. The van der Waals surface area contributed by atoms with Gasteiger partial charge in [-0.25, -0.2) is 4.99 Å². The first-order valence-electron chi connectivity index (χ1n) is 7.71. The largest absolute Gasteiger partial charge is 0.300 e. The van der Waals surface area contributed by atoms with Crippen LogP contribution < -0.4 is 5.32 Å². The van der Waals surface area contributed by atoms with E-state index in [1.807, 2.05) is 60.7 Å². The summed E-state index contributed by atoms with van der Waals surface area (Å²) in [5, 5.41) is 5.73. The Kier molecular flexibility index (Phi) is 4.42. The van der Waals surface area contributed by atoms with Crippen molar-refractivity contribution >= 4 is 61.3 Å². The Balaban J connectivity index is 1.61. The van der Waals surface area contributed by atoms with Crippen molar-refractivity contribution in [1.82, 2.24) is 5.32 Å². The second-order valence-electron chi connectivity index (χ2n) is 5.57. The quantitative estimate of drug-likeness (QED) is 0.569. The van der Waals surface area contributed by atoms with Gasteiger partial charge in [0.2, 0.25) is 0 Å². The maximum atomic E-state index is 12.2. The van der Waals surface area contributed by atoms with Crippen LogP contribution in [0, 0.1) is 0 Å². The summed E-state index contributed by atoms with van der Waals surface area (Å²) in [6.45, 7) is 0. The van der Waals surface area contributed by atoms with E-state index in [-0.39, 0.29) is 5.91 Å². The smallest absolute Gasteiger partial charge is 0.264 e. The molecule has 0 atom stereocenters. The van der Waals surface area contributed by atoms with Crippen molar-refractivity contribution in [3.05, 3.63) is 81.7 Å². The minimum absolute atomic E-state index is 0.121. The number of aliphatic imine (C=N–C) groups is 1. The molecule has 3 nitrogen and oxygen atoms in total. The van der Waals surface area contributed by atoms with Crippen molar-refractivity contribution in [3.8, 4) is 0 Å². The maximum Gasteiger partial charge on any atom is 0.264 e. The van der Waals surface area contributed by atoms with Gasteiger partial charge < -0.3 is 5.32 Å². The number of rotatable bonds is 2. The molecule has 1 aliphatic heterocycles. The molecule has 4 rings (SSSR count). The molecular formula is C20H13BrN2OS. The molecule has 0 aliphatic carbocycles. The molecule has 0 spiro atoms. The monoisotopic (exact) mass is 408 g/mol. The third-order valence-corrected chi connectivity index (χ3v) is 5.16. The van der Waals surface area contributed by atoms with Crippen LogP contribution in [0.2, 0.25) is 0 Å². The average Bonchev–Trinajstić information content (AvgIpc) is 2.94. The Bertz CT molecular complexity index is 1040. The van der Waals surface area contributed by atoms with E-state index in [4.69, 9.17) is 0 Å². The normalized spacial score (nSPS) is 17.4. The number of thioether (sulfide) groups is 1. The molecule has 25 heavy (non-hydrogen) atoms. The van der Waals surface area contributed by atoms with Crippen LogP contribution in [0.4, 0.5) is 5.69 Å². The van der Waals surface area contributed by atoms with Crippen LogP contribution in [-0.2, 0) is 4.79 Å². The standard InChI is InChI=1S/C20H13BrN2OS/c21-16-7-3-4-13(10-16)11-18-19(24)23-20(25-18)22-17-9-8-14-5-1-2-6-15(14)12-17/h1-12H,(H,22,23,24)/b18-11-. The lowest BCUT2D eigenvalue weighted by atomic mass is 10.1. The maximum absolute atomic E-state index is 12.2. The molecule has 3 aromatic carbocycles. The summed E-state index contributed by atoms with van der Waals surface area (Å²) in [6, 6.07) is 22.0. The molecule has 0 unspecified atom stereocenters. The van der Waals surface area contributed by atoms with Crippen LogP contribution in [0.1, 0.15) is 5.56 Å². The highest BCUT2D eigenvalue weighted by Gasteiger charge is 2.23. The molecule has 0 aromatic heterocycles. The van der Waals surface area contributed by atoms with E-state index in [0.29, 0.717) is 10.1 Å². The second kappa shape index (κ2) is 6.86. The van der Waals surface area contributed by atoms with Crippen molar-refractivity contribution < 1.29 is 4.79 Å². The molecule has 122 valence electrons. The fourth-order valence-corrected chi connectivity index (χ4v) is 3.85. The van der Waals surface area contributed by atoms with Gasteiger partial charge in [0.15, 0.2) is 5.17 Å². The number of nitrogens with one attached hydrogen (secondary N) is 1. The van der Waals surface area contributed by atoms with Gasteiger partial charge in [-0.3, -0.25) is 4.79 Å². The lowest BCUT2D eigenvalue weighted by molar-refractivity contribution is -0.115. The SMILES string of the molecule is O=C1NC(=Nc2ccc3ccccc3c2)S/C1=C\c1cccc(Br)c1. The van der Waals surface area contributed by atoms with E-state index in [1.54, 1.807) is 0 Å². The number of hydrogen-bond donors (Lipinski definition) is 1. The molecule has 1 N–H and O–H groups in total. The van der Waals surface area contributed by atoms with Crippen molar-refractivity contribution in [2.24, 2.45) is 4.99 Å². The average molecular weight is 409 g/mol. The van der Waals surface area contributed by atoms with Gasteiger partial charge >= 0.3 is 0 Å². The molecule has 1 heterocycles. The van der Waals surface area contributed by atoms with Gasteiger partial charge in [-0.1, -0.05) is 58.4 Å². The summed E-state index contributed by atoms with van der Waals surface area (Å²) in [6.07, 6.45) is 1.87. The van der Waals surface area contributed by atoms with Crippen LogP contribution in [0.25, 0.3) is 16.8 Å². The Morgan fingerprint density at radius 3 is 2.64 bits per heavy atom. The highest BCUT2D eigenvalue weighted by Crippen LogP contribution is 2.29. The van der Waals surface area contributed by atoms with Gasteiger partial charge in [0.05, 0.1) is 10.6 Å². The highest BCUT2D eigenvalue weighted by molar-refractivity contribution is 9.10. The number of carbonyl (C=O) groups excluding carboxylic acids is 1. The molecule has 1 aliphatic rings. The first-order chi connectivity index (χ1) is 12.2. The molecule has 1 amide bonds. The Hall–Kier alpha value is -2.37. The number of benzene rings is 3. The zero-order chi connectivity index (χ0) is 17.2. The summed E-state index contributed by atoms with van der Waals surface area (Å²) in [5.41, 5.74) is 1.80. The van der Waals surface area contributed by atoms with Gasteiger partial charge in [-0.15, -0.1) is 0 Å². The minimum Gasteiger partial charge on any atom is -0.300 e. The second-order valence-corrected chi connectivity index (χ2v) is 7.51. The zero-order valence-electron chi connectivity index (χ0n) is 13.1. The summed E-state index contributed by atoms with van der Waals surface area (Å²) in [5.74, 6) is -0.121. The number of carbonyl (C=O) groups is 1. The molecular weight excluding hydrogens is 396 g/mol. The zero-order valence-corrected chi connectivity index (χ0v) is 15.5. The van der Waals surface area contributed by atoms with Crippen LogP contribution in [0.5, 0.6) is 0 Å². The fourth-order valence-electron chi connectivity index (χ4n) is 2.59. The number of amides is 1. The minimum atomic E-state index is -0.121. The summed E-state index contributed by atoms with van der Waals surface area (Å²) >= 11 is 4.80. The topological polar surface area (TPSA) is 41.5 Å². The summed E-state index contributed by atoms with van der Waals surface area (Å²) in [7, 11) is 0. The van der Waals surface area contributed by atoms with Crippen LogP contribution in [0.3, 0.4) is 0 Å². The summed E-state index contributed by atoms with van der Waals surface area (Å²) < 4.78 is 0.982. The van der Waals surface area contributed by atoms with Gasteiger partial charge in [0.1, 0.15) is 0 Å². The van der Waals surface area contributed by atoms with Crippen LogP contribution >= 0.6 is 27.7 Å². The Labute approximate surface area is 158 Å². The first kappa shape index (κ1) is 16.1. The van der Waals surface area contributed by atoms with E-state index in [1.165, 1.54) is 17.1 Å². The molecule has 0 bridgehead atoms. The Morgan fingerprint density at radius 2 is 1.80 bits per heavy atom. The van der Waals surface area contributed by atoms with Gasteiger partial charge in [0, 0.05) is 4.47 Å². The van der Waals surface area contributed by atoms with Gasteiger partial charge in [-0.05, 0) is 58.4 Å². The molecule has 1 saturated heterocycles. The molecule has 3 aromatic rings. The van der Waals surface area contributed by atoms with E-state index in [0.717, 1.165) is 21.1 Å². The molecule has 1 fully saturated rings. The Morgan fingerprint density at radius 1 is 0.960 bits per heavy atom. The molecule has 0 saturated carbocycles. The van der Waals surface area contributed by atoms with Crippen molar-refractivity contribution in [3.63, 3.8) is 0 Å². The third-order valence-electron chi connectivity index (χ3n) is 3.76. The fraction of sp³-hybridized carbons (Fsp3) is 0. The molecule has 0 radical (unpaired) electrons. The van der Waals surface area contributed by atoms with Gasteiger partial charge in [-0.2, -0.15) is 0 Å². The van der Waals surface area contributed by atoms with Crippen molar-refractivity contribution in [2.45, 2.75) is 0 Å². The van der Waals surface area contributed by atoms with E-state index in [2.05, 4.69) is 38.4 Å². The number of hydrogen-bond acceptors (Lipinski definition) is 3. The van der Waals surface area contributed by atoms with Gasteiger partial charge in [0.25, 0.3) is 5.91 Å². The van der Waals surface area contributed by atoms with E-state index >= 15 is 0 Å². The predicted molar refractivity (Wildman–Crippen MR) is 109 cm³/mol. The molecule has 5 heteroatoms. The number of halogens is 1. The van der Waals surface area contributed by atoms with Crippen LogP contribution in [-0.4, -0.2) is 11.1 Å². The summed E-state index contributed by atoms with van der Waals surface area (Å²) in [4.78, 5) is 17.4. The highest BCUT2D eigenvalue weighted by atomic mass is 79.9. The van der Waals surface area contributed by atoms with Crippen LogP contribution in [0.15, 0.2) is 81.1 Å². The van der Waals surface area contributed by atoms with Crippen molar-refractivity contribution in [2.75, 3.05) is 0 Å². The predicted octanol–water partition coefficient (Wildman–Crippen LogP) is 5.49. The first-order valence-corrected chi connectivity index (χ1v) is 9.32. The lowest BCUT2D eigenvalue weighted by Gasteiger charge is -2.00.